The van der Waals surface area contributed by atoms with Gasteiger partial charge >= 0.3 is 0 Å². The lowest BCUT2D eigenvalue weighted by Gasteiger charge is -2.56. The van der Waals surface area contributed by atoms with Gasteiger partial charge in [-0.2, -0.15) is 0 Å². The summed E-state index contributed by atoms with van der Waals surface area (Å²) in [6.45, 7) is 18.5. The van der Waals surface area contributed by atoms with Crippen molar-refractivity contribution in [2.75, 3.05) is 0 Å². The summed E-state index contributed by atoms with van der Waals surface area (Å²) in [6, 6.07) is 6.75. The fourth-order valence-electron chi connectivity index (χ4n) is 5.92. The number of hydrogen-bond donors (Lipinski definition) is 1. The summed E-state index contributed by atoms with van der Waals surface area (Å²) in [5.74, 6) is -1.31. The van der Waals surface area contributed by atoms with Gasteiger partial charge in [-0.3, -0.25) is 14.4 Å². The lowest BCUT2D eigenvalue weighted by molar-refractivity contribution is -0.170. The highest BCUT2D eigenvalue weighted by molar-refractivity contribution is 6.48. The molecule has 0 unspecified atom stereocenters. The summed E-state index contributed by atoms with van der Waals surface area (Å²) in [4.78, 5) is 42.9. The lowest BCUT2D eigenvalue weighted by atomic mass is 9.62. The van der Waals surface area contributed by atoms with Crippen molar-refractivity contribution in [2.24, 2.45) is 17.3 Å². The Morgan fingerprint density at radius 3 is 2.18 bits per heavy atom. The number of hydrogen-bond acceptors (Lipinski definition) is 5. The Labute approximate surface area is 230 Å². The molecule has 1 N–H and O–H groups in total. The average Bonchev–Trinajstić information content (AvgIpc) is 2.83. The number of fused-ring (bicyclic) bond motifs is 1. The van der Waals surface area contributed by atoms with Gasteiger partial charge in [0.05, 0.1) is 29.0 Å². The first-order valence-corrected chi connectivity index (χ1v) is 17.2. The van der Waals surface area contributed by atoms with Crippen LogP contribution in [-0.2, 0) is 14.0 Å². The van der Waals surface area contributed by atoms with Crippen molar-refractivity contribution in [1.29, 1.82) is 0 Å². The number of unbranched alkanes of at least 4 members (excludes halogenated alkanes) is 2. The molecule has 38 heavy (non-hydrogen) atoms. The second-order valence-corrected chi connectivity index (χ2v) is 14.9. The highest BCUT2D eigenvalue weighted by Crippen LogP contribution is 2.47. The number of para-hydroxylation sites is 1. The molecule has 3 amide bonds. The fourth-order valence-corrected chi connectivity index (χ4v) is 7.40. The summed E-state index contributed by atoms with van der Waals surface area (Å²) < 4.78 is 13.2. The van der Waals surface area contributed by atoms with E-state index in [1.165, 1.54) is 4.90 Å². The maximum absolute atomic E-state index is 14.4. The minimum Gasteiger partial charge on any atom is -0.467 e. The standard InChI is InChI=1S/C30H48N2O5Si/c1-10-12-18-30(19-13-11-2)32(27(35)21-16-14-15-17-22(21)36-30)26(34)20(3)24-23(25(33)31-24)29(7,28(4,5)6)37-38(8)9/h14-17,20,23-24,38H,10-13,18-19H2,1-9H3,(H,31,33)/t20-,23-,24-,29-/m1/s1. The van der Waals surface area contributed by atoms with Gasteiger partial charge in [-0.1, -0.05) is 66.5 Å². The van der Waals surface area contributed by atoms with Crippen LogP contribution in [0.4, 0.5) is 0 Å². The van der Waals surface area contributed by atoms with Crippen LogP contribution in [0.3, 0.4) is 0 Å². The number of amides is 3. The van der Waals surface area contributed by atoms with Crippen molar-refractivity contribution < 1.29 is 23.5 Å². The molecule has 1 saturated heterocycles. The molecule has 2 aliphatic rings. The zero-order valence-corrected chi connectivity index (χ0v) is 26.0. The predicted molar refractivity (Wildman–Crippen MR) is 152 cm³/mol. The second-order valence-electron chi connectivity index (χ2n) is 12.6. The van der Waals surface area contributed by atoms with Gasteiger partial charge in [-0.15, -0.1) is 0 Å². The number of carbonyl (C=O) groups is 3. The monoisotopic (exact) mass is 544 g/mol. The molecule has 2 heterocycles. The van der Waals surface area contributed by atoms with Crippen LogP contribution in [0.1, 0.15) is 97.3 Å². The predicted octanol–water partition coefficient (Wildman–Crippen LogP) is 5.68. The van der Waals surface area contributed by atoms with E-state index in [4.69, 9.17) is 9.16 Å². The van der Waals surface area contributed by atoms with Crippen LogP contribution in [0.15, 0.2) is 24.3 Å². The van der Waals surface area contributed by atoms with Crippen LogP contribution in [0.25, 0.3) is 0 Å². The van der Waals surface area contributed by atoms with E-state index in [0.29, 0.717) is 24.2 Å². The summed E-state index contributed by atoms with van der Waals surface area (Å²) in [7, 11) is -1.51. The van der Waals surface area contributed by atoms with Crippen molar-refractivity contribution in [3.63, 3.8) is 0 Å². The van der Waals surface area contributed by atoms with Crippen molar-refractivity contribution in [2.45, 2.75) is 117 Å². The Morgan fingerprint density at radius 1 is 1.11 bits per heavy atom. The molecule has 4 atom stereocenters. The zero-order valence-electron chi connectivity index (χ0n) is 24.8. The van der Waals surface area contributed by atoms with Crippen LogP contribution in [0.2, 0.25) is 13.1 Å². The summed E-state index contributed by atoms with van der Waals surface area (Å²) in [5, 5.41) is 3.01. The minimum atomic E-state index is -1.51. The smallest absolute Gasteiger partial charge is 0.267 e. The lowest BCUT2D eigenvalue weighted by Crippen LogP contribution is -2.74. The fraction of sp³-hybridized carbons (Fsp3) is 0.700. The van der Waals surface area contributed by atoms with Crippen molar-refractivity contribution >= 4 is 26.8 Å². The van der Waals surface area contributed by atoms with Crippen LogP contribution < -0.4 is 10.1 Å². The molecule has 2 aliphatic heterocycles. The summed E-state index contributed by atoms with van der Waals surface area (Å²) in [6.07, 6.45) is 4.65. The molecule has 0 aromatic heterocycles. The molecule has 7 nitrogen and oxygen atoms in total. The van der Waals surface area contributed by atoms with Crippen molar-refractivity contribution in [3.05, 3.63) is 29.8 Å². The Morgan fingerprint density at radius 2 is 1.68 bits per heavy atom. The van der Waals surface area contributed by atoms with Crippen molar-refractivity contribution in [1.82, 2.24) is 10.2 Å². The van der Waals surface area contributed by atoms with Gasteiger partial charge in [-0.05, 0) is 50.4 Å². The molecule has 1 aromatic carbocycles. The Hall–Kier alpha value is -2.19. The SMILES string of the molecule is CCCCC1(CCCC)Oc2ccccc2C(=O)N1C(=O)[C@H](C)[C@H]1NC(=O)[C@@H]1[C@@](C)(O[SiH](C)C)C(C)(C)C. The number of carbonyl (C=O) groups excluding carboxylic acids is 3. The first-order chi connectivity index (χ1) is 17.7. The van der Waals surface area contributed by atoms with E-state index in [1.54, 1.807) is 12.1 Å². The van der Waals surface area contributed by atoms with Gasteiger partial charge in [-0.25, -0.2) is 4.90 Å². The normalized spacial score (nSPS) is 23.2. The van der Waals surface area contributed by atoms with Crippen molar-refractivity contribution in [3.8, 4) is 5.75 Å². The first kappa shape index (κ1) is 30.3. The molecule has 0 saturated carbocycles. The van der Waals surface area contributed by atoms with Crippen LogP contribution in [0.5, 0.6) is 5.75 Å². The number of β-lactam (4-membered cyclic amide) rings is 1. The van der Waals surface area contributed by atoms with Crippen LogP contribution in [-0.4, -0.2) is 49.0 Å². The third kappa shape index (κ3) is 5.44. The third-order valence-electron chi connectivity index (χ3n) is 8.53. The molecule has 212 valence electrons. The number of rotatable bonds is 11. The van der Waals surface area contributed by atoms with Gasteiger partial charge < -0.3 is 14.5 Å². The zero-order chi connectivity index (χ0) is 28.5. The van der Waals surface area contributed by atoms with Gasteiger partial charge in [0.2, 0.25) is 11.8 Å². The quantitative estimate of drug-likeness (QED) is 0.286. The van der Waals surface area contributed by atoms with E-state index >= 15 is 0 Å². The number of nitrogens with one attached hydrogen (secondary N) is 1. The molecule has 1 aromatic rings. The minimum absolute atomic E-state index is 0.100. The number of imide groups is 1. The summed E-state index contributed by atoms with van der Waals surface area (Å²) in [5.41, 5.74) is -1.71. The van der Waals surface area contributed by atoms with Gasteiger partial charge in [0.25, 0.3) is 5.91 Å². The molecule has 0 aliphatic carbocycles. The average molecular weight is 545 g/mol. The van der Waals surface area contributed by atoms with E-state index in [-0.39, 0.29) is 23.1 Å². The number of ether oxygens (including phenoxy) is 1. The van der Waals surface area contributed by atoms with Gasteiger partial charge in [0.1, 0.15) is 5.75 Å². The van der Waals surface area contributed by atoms with Gasteiger partial charge in [0.15, 0.2) is 14.8 Å². The Kier molecular flexibility index (Phi) is 9.19. The van der Waals surface area contributed by atoms with E-state index in [9.17, 15) is 14.4 Å². The van der Waals surface area contributed by atoms with E-state index in [0.717, 1.165) is 25.7 Å². The third-order valence-corrected chi connectivity index (χ3v) is 9.49. The maximum Gasteiger partial charge on any atom is 0.267 e. The summed E-state index contributed by atoms with van der Waals surface area (Å²) >= 11 is 0. The first-order valence-electron chi connectivity index (χ1n) is 14.4. The molecule has 8 heteroatoms. The number of benzene rings is 1. The van der Waals surface area contributed by atoms with Crippen LogP contribution in [0, 0.1) is 17.3 Å². The molecule has 0 bridgehead atoms. The molecule has 3 rings (SSSR count). The van der Waals surface area contributed by atoms with Gasteiger partial charge in [0, 0.05) is 12.8 Å². The van der Waals surface area contributed by atoms with E-state index < -0.39 is 38.2 Å². The molecular formula is C30H48N2O5Si. The Bertz CT molecular complexity index is 1030. The largest absolute Gasteiger partial charge is 0.467 e. The Balaban J connectivity index is 2.04. The molecule has 1 fully saturated rings. The molecular weight excluding hydrogens is 496 g/mol. The topological polar surface area (TPSA) is 84.9 Å². The highest BCUT2D eigenvalue weighted by Gasteiger charge is 2.61. The molecule has 0 spiro atoms. The van der Waals surface area contributed by atoms with Crippen LogP contribution >= 0.6 is 0 Å². The van der Waals surface area contributed by atoms with E-state index in [2.05, 4.69) is 53.0 Å². The number of nitrogens with zero attached hydrogens (tertiary/aromatic N) is 1. The highest BCUT2D eigenvalue weighted by atomic mass is 28.3. The maximum atomic E-state index is 14.4. The molecule has 0 radical (unpaired) electrons. The second kappa shape index (κ2) is 11.5. The van der Waals surface area contributed by atoms with E-state index in [1.807, 2.05) is 26.0 Å².